The van der Waals surface area contributed by atoms with Gasteiger partial charge in [0.1, 0.15) is 6.04 Å². The van der Waals surface area contributed by atoms with Gasteiger partial charge in [0.05, 0.1) is 0 Å². The third kappa shape index (κ3) is 6.38. The fraction of sp³-hybridized carbons (Fsp3) is 0.391. The van der Waals surface area contributed by atoms with Crippen LogP contribution in [0.5, 0.6) is 0 Å². The number of hydrogen-bond donors (Lipinski definition) is 1. The number of halogens is 1. The first kappa shape index (κ1) is 22.0. The molecule has 0 aliphatic heterocycles. The lowest BCUT2D eigenvalue weighted by Crippen LogP contribution is -2.47. The zero-order valence-corrected chi connectivity index (χ0v) is 17.6. The van der Waals surface area contributed by atoms with Crippen LogP contribution >= 0.6 is 11.6 Å². The molecule has 1 N–H and O–H groups in total. The smallest absolute Gasteiger partial charge is 0.242 e. The quantitative estimate of drug-likeness (QED) is 0.672. The number of rotatable bonds is 9. The maximum atomic E-state index is 13.0. The lowest BCUT2D eigenvalue weighted by molar-refractivity contribution is -0.140. The van der Waals surface area contributed by atoms with Crippen LogP contribution in [0.4, 0.5) is 0 Å². The van der Waals surface area contributed by atoms with Gasteiger partial charge in [-0.15, -0.1) is 0 Å². The van der Waals surface area contributed by atoms with Crippen molar-refractivity contribution >= 4 is 23.4 Å². The number of carbonyl (C=O) groups excluding carboxylic acids is 2. The van der Waals surface area contributed by atoms with E-state index in [1.165, 1.54) is 0 Å². The highest BCUT2D eigenvalue weighted by Crippen LogP contribution is 2.18. The minimum atomic E-state index is -0.536. The van der Waals surface area contributed by atoms with Crippen LogP contribution in [-0.2, 0) is 22.6 Å². The molecule has 2 rings (SSSR count). The zero-order chi connectivity index (χ0) is 20.5. The maximum absolute atomic E-state index is 13.0. The van der Waals surface area contributed by atoms with Crippen LogP contribution in [0.25, 0.3) is 0 Å². The third-order valence-corrected chi connectivity index (χ3v) is 5.09. The molecule has 1 unspecified atom stereocenters. The Labute approximate surface area is 172 Å². The summed E-state index contributed by atoms with van der Waals surface area (Å²) in [6.45, 7) is 6.82. The average molecular weight is 401 g/mol. The van der Waals surface area contributed by atoms with Crippen molar-refractivity contribution in [2.75, 3.05) is 6.54 Å². The van der Waals surface area contributed by atoms with Gasteiger partial charge in [0.25, 0.3) is 0 Å². The van der Waals surface area contributed by atoms with Crippen molar-refractivity contribution in [3.8, 4) is 0 Å². The summed E-state index contributed by atoms with van der Waals surface area (Å²) in [5.41, 5.74) is 3.08. The highest BCUT2D eigenvalue weighted by Gasteiger charge is 2.25. The van der Waals surface area contributed by atoms with Crippen LogP contribution in [-0.4, -0.2) is 29.3 Å². The van der Waals surface area contributed by atoms with Gasteiger partial charge in [-0.3, -0.25) is 9.59 Å². The van der Waals surface area contributed by atoms with E-state index in [0.717, 1.165) is 23.1 Å². The van der Waals surface area contributed by atoms with Gasteiger partial charge >= 0.3 is 0 Å². The van der Waals surface area contributed by atoms with Crippen LogP contribution in [0.15, 0.2) is 48.5 Å². The first-order valence-corrected chi connectivity index (χ1v) is 10.2. The van der Waals surface area contributed by atoms with Crippen LogP contribution in [0.2, 0.25) is 5.02 Å². The van der Waals surface area contributed by atoms with Crippen molar-refractivity contribution in [1.29, 1.82) is 0 Å². The van der Waals surface area contributed by atoms with Crippen molar-refractivity contribution < 1.29 is 9.59 Å². The molecule has 0 radical (unpaired) electrons. The fourth-order valence-corrected chi connectivity index (χ4v) is 3.30. The standard InChI is InChI=1S/C23H29ClN2O2/c1-4-14-25-23(28)18(3)26(16-19-9-7-8-17(2)15-19)22(27)13-12-20-10-5-6-11-21(20)24/h5-11,15,18H,4,12-14,16H2,1-3H3,(H,25,28). The van der Waals surface area contributed by atoms with Gasteiger partial charge in [-0.2, -0.15) is 0 Å². The van der Waals surface area contributed by atoms with Gasteiger partial charge in [0, 0.05) is 24.5 Å². The summed E-state index contributed by atoms with van der Waals surface area (Å²) in [5.74, 6) is -0.179. The minimum absolute atomic E-state index is 0.0550. The Hall–Kier alpha value is -2.33. The molecule has 0 spiro atoms. The molecule has 0 fully saturated rings. The molecule has 0 bridgehead atoms. The van der Waals surface area contributed by atoms with Crippen LogP contribution < -0.4 is 5.32 Å². The number of nitrogens with one attached hydrogen (secondary N) is 1. The van der Waals surface area contributed by atoms with Gasteiger partial charge in [0.2, 0.25) is 11.8 Å². The molecule has 0 aliphatic rings. The van der Waals surface area contributed by atoms with E-state index in [2.05, 4.69) is 5.32 Å². The van der Waals surface area contributed by atoms with Crippen molar-refractivity contribution in [3.05, 3.63) is 70.2 Å². The van der Waals surface area contributed by atoms with Gasteiger partial charge in [-0.1, -0.05) is 66.6 Å². The monoisotopic (exact) mass is 400 g/mol. The summed E-state index contributed by atoms with van der Waals surface area (Å²) >= 11 is 6.22. The van der Waals surface area contributed by atoms with E-state index in [0.29, 0.717) is 31.0 Å². The van der Waals surface area contributed by atoms with Crippen molar-refractivity contribution in [2.24, 2.45) is 0 Å². The first-order valence-electron chi connectivity index (χ1n) is 9.78. The topological polar surface area (TPSA) is 49.4 Å². The highest BCUT2D eigenvalue weighted by molar-refractivity contribution is 6.31. The molecule has 0 saturated heterocycles. The number of benzene rings is 2. The van der Waals surface area contributed by atoms with E-state index < -0.39 is 6.04 Å². The van der Waals surface area contributed by atoms with Crippen LogP contribution in [0, 0.1) is 6.92 Å². The lowest BCUT2D eigenvalue weighted by atomic mass is 10.1. The summed E-state index contributed by atoms with van der Waals surface area (Å²) in [4.78, 5) is 27.2. The molecule has 5 heteroatoms. The maximum Gasteiger partial charge on any atom is 0.242 e. The molecule has 2 aromatic carbocycles. The predicted molar refractivity (Wildman–Crippen MR) is 114 cm³/mol. The second-order valence-corrected chi connectivity index (χ2v) is 7.48. The van der Waals surface area contributed by atoms with Gasteiger partial charge < -0.3 is 10.2 Å². The SMILES string of the molecule is CCCNC(=O)C(C)N(Cc1cccc(C)c1)C(=O)CCc1ccccc1Cl. The number of carbonyl (C=O) groups is 2. The Kier molecular flexibility index (Phi) is 8.52. The molecule has 2 amide bonds. The number of amides is 2. The summed E-state index contributed by atoms with van der Waals surface area (Å²) in [6, 6.07) is 15.0. The molecule has 150 valence electrons. The molecular formula is C23H29ClN2O2. The molecular weight excluding hydrogens is 372 g/mol. The fourth-order valence-electron chi connectivity index (χ4n) is 3.07. The second-order valence-electron chi connectivity index (χ2n) is 7.07. The predicted octanol–water partition coefficient (Wildman–Crippen LogP) is 4.52. The Morgan fingerprint density at radius 2 is 1.89 bits per heavy atom. The van der Waals surface area contributed by atoms with E-state index >= 15 is 0 Å². The van der Waals surface area contributed by atoms with Crippen LogP contribution in [0.1, 0.15) is 43.4 Å². The highest BCUT2D eigenvalue weighted by atomic mass is 35.5. The van der Waals surface area contributed by atoms with Crippen molar-refractivity contribution in [3.63, 3.8) is 0 Å². The molecule has 2 aromatic rings. The number of hydrogen-bond acceptors (Lipinski definition) is 2. The van der Waals surface area contributed by atoms with E-state index in [1.807, 2.05) is 62.4 Å². The van der Waals surface area contributed by atoms with E-state index in [4.69, 9.17) is 11.6 Å². The Morgan fingerprint density at radius 3 is 2.57 bits per heavy atom. The molecule has 1 atom stereocenters. The van der Waals surface area contributed by atoms with Crippen molar-refractivity contribution in [1.82, 2.24) is 10.2 Å². The molecule has 0 aliphatic carbocycles. The summed E-state index contributed by atoms with van der Waals surface area (Å²) in [5, 5.41) is 3.55. The third-order valence-electron chi connectivity index (χ3n) is 4.72. The van der Waals surface area contributed by atoms with Gasteiger partial charge in [0.15, 0.2) is 0 Å². The zero-order valence-electron chi connectivity index (χ0n) is 16.9. The molecule has 28 heavy (non-hydrogen) atoms. The van der Waals surface area contributed by atoms with E-state index in [-0.39, 0.29) is 11.8 Å². The van der Waals surface area contributed by atoms with Crippen molar-refractivity contribution in [2.45, 2.75) is 52.6 Å². The Bertz CT molecular complexity index is 807. The molecule has 0 aromatic heterocycles. The van der Waals surface area contributed by atoms with Gasteiger partial charge in [-0.25, -0.2) is 0 Å². The largest absolute Gasteiger partial charge is 0.354 e. The van der Waals surface area contributed by atoms with E-state index in [1.54, 1.807) is 11.8 Å². The normalized spacial score (nSPS) is 11.7. The average Bonchev–Trinajstić information content (AvgIpc) is 2.69. The molecule has 0 heterocycles. The van der Waals surface area contributed by atoms with Crippen LogP contribution in [0.3, 0.4) is 0 Å². The number of nitrogens with zero attached hydrogens (tertiary/aromatic N) is 1. The second kappa shape index (κ2) is 10.9. The summed E-state index contributed by atoms with van der Waals surface area (Å²) in [7, 11) is 0. The number of aryl methyl sites for hydroxylation is 2. The van der Waals surface area contributed by atoms with E-state index in [9.17, 15) is 9.59 Å². The summed E-state index contributed by atoms with van der Waals surface area (Å²) < 4.78 is 0. The van der Waals surface area contributed by atoms with Gasteiger partial charge in [-0.05, 0) is 43.9 Å². The lowest BCUT2D eigenvalue weighted by Gasteiger charge is -2.29. The Balaban J connectivity index is 2.14. The Morgan fingerprint density at radius 1 is 1.14 bits per heavy atom. The summed E-state index contributed by atoms with van der Waals surface area (Å²) in [6.07, 6.45) is 1.71. The molecule has 0 saturated carbocycles. The minimum Gasteiger partial charge on any atom is -0.354 e. The first-order chi connectivity index (χ1) is 13.4. The molecule has 4 nitrogen and oxygen atoms in total.